The van der Waals surface area contributed by atoms with Gasteiger partial charge in [-0.2, -0.15) is 0 Å². The molecule has 1 aromatic rings. The lowest BCUT2D eigenvalue weighted by Crippen LogP contribution is -2.35. The second-order valence-corrected chi connectivity index (χ2v) is 5.88. The molecule has 168 valence electrons. The number of hydrogen-bond acceptors (Lipinski definition) is 11. The summed E-state index contributed by atoms with van der Waals surface area (Å²) in [5.41, 5.74) is -0.366. The zero-order chi connectivity index (χ0) is 23.7. The lowest BCUT2D eigenvalue weighted by molar-refractivity contribution is -0.158. The fourth-order valence-corrected chi connectivity index (χ4v) is 2.35. The Morgan fingerprint density at radius 1 is 0.710 bits per heavy atom. The van der Waals surface area contributed by atoms with Crippen LogP contribution in [0.1, 0.15) is 45.0 Å². The van der Waals surface area contributed by atoms with E-state index in [-0.39, 0.29) is 18.8 Å². The third-order valence-electron chi connectivity index (χ3n) is 3.37. The first kappa shape index (κ1) is 25.3. The number of esters is 5. The van der Waals surface area contributed by atoms with Crippen LogP contribution in [0.5, 0.6) is 17.2 Å². The smallest absolute Gasteiger partial charge is 0.328 e. The van der Waals surface area contributed by atoms with Crippen LogP contribution in [0, 0.1) is 5.92 Å². The molecule has 0 saturated carbocycles. The average molecular weight is 438 g/mol. The number of ketones is 1. The molecule has 0 aliphatic heterocycles. The number of rotatable bonds is 9. The van der Waals surface area contributed by atoms with Crippen LogP contribution < -0.4 is 14.2 Å². The standard InChI is InChI=1S/C20H22O11/c1-6-27-19(25)16(20(26)28-7-2)17(24)13-8-14(29-10(3)21)18(31-12(5)23)15(9-13)30-11(4)22/h8-9,16H,6-7H2,1-5H3. The van der Waals surface area contributed by atoms with Gasteiger partial charge in [0, 0.05) is 26.3 Å². The lowest BCUT2D eigenvalue weighted by atomic mass is 9.97. The summed E-state index contributed by atoms with van der Waals surface area (Å²) in [5.74, 6) is -9.24. The Kier molecular flexibility index (Phi) is 9.32. The van der Waals surface area contributed by atoms with Crippen LogP contribution in [0.25, 0.3) is 0 Å². The van der Waals surface area contributed by atoms with Crippen molar-refractivity contribution in [3.05, 3.63) is 17.7 Å². The zero-order valence-electron chi connectivity index (χ0n) is 17.6. The number of hydrogen-bond donors (Lipinski definition) is 0. The van der Waals surface area contributed by atoms with Crippen molar-refractivity contribution in [3.8, 4) is 17.2 Å². The van der Waals surface area contributed by atoms with Crippen molar-refractivity contribution in [2.75, 3.05) is 13.2 Å². The Labute approximate surface area is 177 Å². The predicted molar refractivity (Wildman–Crippen MR) is 101 cm³/mol. The van der Waals surface area contributed by atoms with Gasteiger partial charge in [0.15, 0.2) is 17.3 Å². The van der Waals surface area contributed by atoms with E-state index in [4.69, 9.17) is 23.7 Å². The molecule has 1 rings (SSSR count). The van der Waals surface area contributed by atoms with Gasteiger partial charge in [-0.05, 0) is 26.0 Å². The van der Waals surface area contributed by atoms with Crippen LogP contribution in [-0.2, 0) is 33.4 Å². The first-order valence-corrected chi connectivity index (χ1v) is 9.12. The largest absolute Gasteiger partial charge is 0.465 e. The molecule has 0 N–H and O–H groups in total. The Balaban J connectivity index is 3.66. The van der Waals surface area contributed by atoms with Crippen molar-refractivity contribution in [2.45, 2.75) is 34.6 Å². The molecule has 11 heteroatoms. The molecule has 0 radical (unpaired) electrons. The van der Waals surface area contributed by atoms with Crippen LogP contribution in [0.15, 0.2) is 12.1 Å². The quantitative estimate of drug-likeness (QED) is 0.238. The van der Waals surface area contributed by atoms with Gasteiger partial charge >= 0.3 is 29.8 Å². The summed E-state index contributed by atoms with van der Waals surface area (Å²) >= 11 is 0. The van der Waals surface area contributed by atoms with Gasteiger partial charge in [-0.1, -0.05) is 0 Å². The molecular formula is C20H22O11. The monoisotopic (exact) mass is 438 g/mol. The molecular weight excluding hydrogens is 416 g/mol. The van der Waals surface area contributed by atoms with Gasteiger partial charge in [0.1, 0.15) is 0 Å². The van der Waals surface area contributed by atoms with Crippen LogP contribution in [-0.4, -0.2) is 48.8 Å². The summed E-state index contributed by atoms with van der Waals surface area (Å²) in [6.07, 6.45) is 0. The summed E-state index contributed by atoms with van der Waals surface area (Å²) in [6.45, 7) is 5.88. The van der Waals surface area contributed by atoms with E-state index in [9.17, 15) is 28.8 Å². The molecule has 0 heterocycles. The third kappa shape index (κ3) is 7.21. The fourth-order valence-electron chi connectivity index (χ4n) is 2.35. The second-order valence-electron chi connectivity index (χ2n) is 5.88. The van der Waals surface area contributed by atoms with Gasteiger partial charge in [0.2, 0.25) is 11.7 Å². The maximum Gasteiger partial charge on any atom is 0.328 e. The van der Waals surface area contributed by atoms with Crippen molar-refractivity contribution in [1.82, 2.24) is 0 Å². The summed E-state index contributed by atoms with van der Waals surface area (Å²) in [6, 6.07) is 1.92. The van der Waals surface area contributed by atoms with Gasteiger partial charge in [0.05, 0.1) is 13.2 Å². The molecule has 0 fully saturated rings. The maximum absolute atomic E-state index is 13.0. The molecule has 0 aliphatic carbocycles. The normalized spacial score (nSPS) is 10.1. The topological polar surface area (TPSA) is 149 Å². The Hall–Kier alpha value is -3.76. The number of carbonyl (C=O) groups is 6. The van der Waals surface area contributed by atoms with E-state index < -0.39 is 58.8 Å². The zero-order valence-corrected chi connectivity index (χ0v) is 17.6. The highest BCUT2D eigenvalue weighted by Crippen LogP contribution is 2.40. The maximum atomic E-state index is 13.0. The molecule has 0 amide bonds. The van der Waals surface area contributed by atoms with Crippen LogP contribution in [0.2, 0.25) is 0 Å². The summed E-state index contributed by atoms with van der Waals surface area (Å²) in [5, 5.41) is 0. The highest BCUT2D eigenvalue weighted by molar-refractivity contribution is 6.21. The molecule has 0 spiro atoms. The SMILES string of the molecule is CCOC(=O)C(C(=O)OCC)C(=O)c1cc(OC(C)=O)c(OC(C)=O)c(OC(C)=O)c1. The van der Waals surface area contributed by atoms with E-state index in [0.717, 1.165) is 32.9 Å². The van der Waals surface area contributed by atoms with E-state index in [1.54, 1.807) is 0 Å². The first-order chi connectivity index (χ1) is 14.5. The molecule has 0 aromatic heterocycles. The molecule has 0 saturated heterocycles. The molecule has 1 aromatic carbocycles. The van der Waals surface area contributed by atoms with E-state index in [1.807, 2.05) is 0 Å². The minimum atomic E-state index is -1.98. The molecule has 31 heavy (non-hydrogen) atoms. The summed E-state index contributed by atoms with van der Waals surface area (Å²) in [4.78, 5) is 71.9. The minimum Gasteiger partial charge on any atom is -0.465 e. The van der Waals surface area contributed by atoms with Crippen molar-refractivity contribution >= 4 is 35.6 Å². The van der Waals surface area contributed by atoms with Crippen molar-refractivity contribution < 1.29 is 52.5 Å². The van der Waals surface area contributed by atoms with Crippen molar-refractivity contribution in [3.63, 3.8) is 0 Å². The molecule has 0 aliphatic rings. The van der Waals surface area contributed by atoms with Gasteiger partial charge < -0.3 is 23.7 Å². The Morgan fingerprint density at radius 3 is 1.42 bits per heavy atom. The molecule has 0 unspecified atom stereocenters. The second kappa shape index (κ2) is 11.4. The average Bonchev–Trinajstić information content (AvgIpc) is 2.63. The molecule has 0 atom stereocenters. The fraction of sp³-hybridized carbons (Fsp3) is 0.400. The molecule has 0 bridgehead atoms. The highest BCUT2D eigenvalue weighted by atomic mass is 16.6. The number of carbonyl (C=O) groups excluding carboxylic acids is 6. The van der Waals surface area contributed by atoms with Gasteiger partial charge in [-0.25, -0.2) is 0 Å². The van der Waals surface area contributed by atoms with E-state index in [1.165, 1.54) is 13.8 Å². The predicted octanol–water partition coefficient (Wildman–Crippen LogP) is 1.39. The number of Topliss-reactive ketones (excluding diaryl/α,β-unsaturated/α-hetero) is 1. The Bertz CT molecular complexity index is 845. The van der Waals surface area contributed by atoms with Crippen LogP contribution >= 0.6 is 0 Å². The molecule has 11 nitrogen and oxygen atoms in total. The van der Waals surface area contributed by atoms with E-state index >= 15 is 0 Å². The van der Waals surface area contributed by atoms with E-state index in [2.05, 4.69) is 0 Å². The highest BCUT2D eigenvalue weighted by Gasteiger charge is 2.38. The van der Waals surface area contributed by atoms with Crippen LogP contribution in [0.3, 0.4) is 0 Å². The van der Waals surface area contributed by atoms with Crippen molar-refractivity contribution in [2.24, 2.45) is 5.92 Å². The third-order valence-corrected chi connectivity index (χ3v) is 3.37. The summed E-state index contributed by atoms with van der Waals surface area (Å²) in [7, 11) is 0. The number of ether oxygens (including phenoxy) is 5. The Morgan fingerprint density at radius 2 is 1.10 bits per heavy atom. The van der Waals surface area contributed by atoms with Gasteiger partial charge in [-0.15, -0.1) is 0 Å². The minimum absolute atomic E-state index is 0.106. The van der Waals surface area contributed by atoms with Gasteiger partial charge in [0.25, 0.3) is 0 Å². The summed E-state index contributed by atoms with van der Waals surface area (Å²) < 4.78 is 24.4. The first-order valence-electron chi connectivity index (χ1n) is 9.12. The number of benzene rings is 1. The van der Waals surface area contributed by atoms with Crippen molar-refractivity contribution in [1.29, 1.82) is 0 Å². The van der Waals surface area contributed by atoms with E-state index in [0.29, 0.717) is 0 Å². The van der Waals surface area contributed by atoms with Crippen LogP contribution in [0.4, 0.5) is 0 Å². The lowest BCUT2D eigenvalue weighted by Gasteiger charge is -2.17. The van der Waals surface area contributed by atoms with Gasteiger partial charge in [-0.3, -0.25) is 28.8 Å².